The molecule has 4 nitrogen and oxygen atoms in total. The number of aromatic nitrogens is 2. The van der Waals surface area contributed by atoms with E-state index in [1.54, 1.807) is 0 Å². The zero-order valence-corrected chi connectivity index (χ0v) is 12.3. The van der Waals surface area contributed by atoms with Gasteiger partial charge in [0.2, 0.25) is 0 Å². The van der Waals surface area contributed by atoms with Crippen LogP contribution in [-0.4, -0.2) is 40.4 Å². The lowest BCUT2D eigenvalue weighted by Gasteiger charge is -2.33. The van der Waals surface area contributed by atoms with Crippen molar-refractivity contribution in [2.75, 3.05) is 19.6 Å². The molecule has 0 saturated carbocycles. The molecule has 1 aliphatic rings. The molecule has 1 fully saturated rings. The highest BCUT2D eigenvalue weighted by atomic mass is 35.5. The maximum absolute atomic E-state index is 6.33. The van der Waals surface area contributed by atoms with Crippen molar-refractivity contribution in [2.45, 2.75) is 39.3 Å². The third-order valence-corrected chi connectivity index (χ3v) is 4.30. The van der Waals surface area contributed by atoms with Crippen LogP contribution in [0.15, 0.2) is 0 Å². The average molecular weight is 271 g/mol. The van der Waals surface area contributed by atoms with Crippen molar-refractivity contribution in [3.05, 3.63) is 16.4 Å². The molecule has 1 aromatic rings. The summed E-state index contributed by atoms with van der Waals surface area (Å²) in [6, 6.07) is 0.620. The van der Waals surface area contributed by atoms with E-state index in [9.17, 15) is 0 Å². The van der Waals surface area contributed by atoms with Gasteiger partial charge in [-0.05, 0) is 32.9 Å². The summed E-state index contributed by atoms with van der Waals surface area (Å²) >= 11 is 6.33. The SMILES string of the molecule is CCN(Cc1c(Cl)c(C)nn1C)C1CCCNC1. The summed E-state index contributed by atoms with van der Waals surface area (Å²) in [5.74, 6) is 0. The average Bonchev–Trinajstić information content (AvgIpc) is 2.62. The number of hydrogen-bond donors (Lipinski definition) is 1. The summed E-state index contributed by atoms with van der Waals surface area (Å²) in [6.07, 6.45) is 2.54. The molecule has 0 spiro atoms. The lowest BCUT2D eigenvalue weighted by atomic mass is 10.1. The van der Waals surface area contributed by atoms with Crippen molar-refractivity contribution in [2.24, 2.45) is 7.05 Å². The smallest absolute Gasteiger partial charge is 0.0860 e. The molecule has 0 aromatic carbocycles. The predicted molar refractivity (Wildman–Crippen MR) is 74.9 cm³/mol. The van der Waals surface area contributed by atoms with Gasteiger partial charge >= 0.3 is 0 Å². The van der Waals surface area contributed by atoms with Crippen molar-refractivity contribution in [3.63, 3.8) is 0 Å². The normalized spacial score (nSPS) is 20.6. The zero-order chi connectivity index (χ0) is 13.1. The second-order valence-corrected chi connectivity index (χ2v) is 5.41. The molecule has 5 heteroatoms. The van der Waals surface area contributed by atoms with Crippen LogP contribution in [0.2, 0.25) is 5.02 Å². The largest absolute Gasteiger partial charge is 0.315 e. The number of rotatable bonds is 4. The topological polar surface area (TPSA) is 33.1 Å². The van der Waals surface area contributed by atoms with Gasteiger partial charge in [0.25, 0.3) is 0 Å². The van der Waals surface area contributed by atoms with Crippen molar-refractivity contribution in [3.8, 4) is 0 Å². The minimum absolute atomic E-state index is 0.620. The molecule has 102 valence electrons. The zero-order valence-electron chi connectivity index (χ0n) is 11.5. The third kappa shape index (κ3) is 2.87. The Morgan fingerprint density at radius 3 is 2.83 bits per heavy atom. The summed E-state index contributed by atoms with van der Waals surface area (Å²) in [6.45, 7) is 8.35. The van der Waals surface area contributed by atoms with Gasteiger partial charge in [-0.1, -0.05) is 18.5 Å². The molecule has 1 unspecified atom stereocenters. The predicted octanol–water partition coefficient (Wildman–Crippen LogP) is 1.96. The molecule has 2 rings (SSSR count). The van der Waals surface area contributed by atoms with Crippen LogP contribution >= 0.6 is 11.6 Å². The monoisotopic (exact) mass is 270 g/mol. The van der Waals surface area contributed by atoms with Crippen LogP contribution in [0.3, 0.4) is 0 Å². The fourth-order valence-electron chi connectivity index (χ4n) is 2.69. The lowest BCUT2D eigenvalue weighted by molar-refractivity contribution is 0.162. The minimum atomic E-state index is 0.620. The van der Waals surface area contributed by atoms with E-state index in [1.165, 1.54) is 12.8 Å². The maximum Gasteiger partial charge on any atom is 0.0860 e. The van der Waals surface area contributed by atoms with E-state index in [-0.39, 0.29) is 0 Å². The van der Waals surface area contributed by atoms with Crippen molar-refractivity contribution in [1.82, 2.24) is 20.0 Å². The first-order valence-corrected chi connectivity index (χ1v) is 7.14. The Morgan fingerprint density at radius 2 is 2.33 bits per heavy atom. The first-order valence-electron chi connectivity index (χ1n) is 6.76. The van der Waals surface area contributed by atoms with Crippen molar-refractivity contribution >= 4 is 11.6 Å². The highest BCUT2D eigenvalue weighted by molar-refractivity contribution is 6.31. The Labute approximate surface area is 114 Å². The van der Waals surface area contributed by atoms with Crippen molar-refractivity contribution in [1.29, 1.82) is 0 Å². The molecular weight excluding hydrogens is 248 g/mol. The Kier molecular flexibility index (Phi) is 4.65. The second kappa shape index (κ2) is 6.04. The van der Waals surface area contributed by atoms with Gasteiger partial charge < -0.3 is 5.32 Å². The van der Waals surface area contributed by atoms with Crippen LogP contribution in [-0.2, 0) is 13.6 Å². The standard InChI is InChI=1S/C13H23ClN4/c1-4-18(11-6-5-7-15-8-11)9-12-13(14)10(2)16-17(12)3/h11,15H,4-9H2,1-3H3. The quantitative estimate of drug-likeness (QED) is 0.908. The molecule has 0 radical (unpaired) electrons. The Bertz CT molecular complexity index is 396. The van der Waals surface area contributed by atoms with Gasteiger partial charge in [0.15, 0.2) is 0 Å². The van der Waals surface area contributed by atoms with E-state index >= 15 is 0 Å². The number of halogens is 1. The molecule has 0 amide bonds. The van der Waals surface area contributed by atoms with E-state index in [0.29, 0.717) is 6.04 Å². The van der Waals surface area contributed by atoms with E-state index < -0.39 is 0 Å². The van der Waals surface area contributed by atoms with Gasteiger partial charge in [-0.25, -0.2) is 0 Å². The van der Waals surface area contributed by atoms with Gasteiger partial charge in [0.05, 0.1) is 16.4 Å². The minimum Gasteiger partial charge on any atom is -0.315 e. The van der Waals surface area contributed by atoms with Gasteiger partial charge in [-0.2, -0.15) is 5.10 Å². The second-order valence-electron chi connectivity index (χ2n) is 5.03. The van der Waals surface area contributed by atoms with Crippen LogP contribution in [0.4, 0.5) is 0 Å². The first-order chi connectivity index (χ1) is 8.63. The van der Waals surface area contributed by atoms with E-state index in [0.717, 1.165) is 42.6 Å². The van der Waals surface area contributed by atoms with E-state index in [2.05, 4.69) is 22.2 Å². The summed E-state index contributed by atoms with van der Waals surface area (Å²) < 4.78 is 1.91. The number of hydrogen-bond acceptors (Lipinski definition) is 3. The maximum atomic E-state index is 6.33. The Morgan fingerprint density at radius 1 is 1.56 bits per heavy atom. The summed E-state index contributed by atoms with van der Waals surface area (Å²) in [5, 5.41) is 8.68. The number of nitrogens with zero attached hydrogens (tertiary/aromatic N) is 3. The molecule has 2 heterocycles. The fraction of sp³-hybridized carbons (Fsp3) is 0.769. The van der Waals surface area contributed by atoms with Crippen LogP contribution < -0.4 is 5.32 Å². The molecule has 1 saturated heterocycles. The number of piperidine rings is 1. The molecule has 18 heavy (non-hydrogen) atoms. The third-order valence-electron chi connectivity index (χ3n) is 3.81. The molecule has 0 aliphatic carbocycles. The summed E-state index contributed by atoms with van der Waals surface area (Å²) in [4.78, 5) is 2.49. The van der Waals surface area contributed by atoms with Gasteiger partial charge in [-0.3, -0.25) is 9.58 Å². The Balaban J connectivity index is 2.09. The molecule has 0 bridgehead atoms. The summed E-state index contributed by atoms with van der Waals surface area (Å²) in [5.41, 5.74) is 2.05. The Hall–Kier alpha value is -0.580. The van der Waals surface area contributed by atoms with Gasteiger partial charge in [0.1, 0.15) is 0 Å². The van der Waals surface area contributed by atoms with Crippen molar-refractivity contribution < 1.29 is 0 Å². The van der Waals surface area contributed by atoms with Crippen LogP contribution in [0.5, 0.6) is 0 Å². The van der Waals surface area contributed by atoms with E-state index in [4.69, 9.17) is 11.6 Å². The van der Waals surface area contributed by atoms with E-state index in [1.807, 2.05) is 18.7 Å². The van der Waals surface area contributed by atoms with Gasteiger partial charge in [0, 0.05) is 26.2 Å². The molecular formula is C13H23ClN4. The van der Waals surface area contributed by atoms with Crippen LogP contribution in [0.25, 0.3) is 0 Å². The summed E-state index contributed by atoms with van der Waals surface area (Å²) in [7, 11) is 1.97. The van der Waals surface area contributed by atoms with Gasteiger partial charge in [-0.15, -0.1) is 0 Å². The lowest BCUT2D eigenvalue weighted by Crippen LogP contribution is -2.45. The fourth-order valence-corrected chi connectivity index (χ4v) is 2.91. The van der Waals surface area contributed by atoms with Crippen LogP contribution in [0.1, 0.15) is 31.2 Å². The number of aryl methyl sites for hydroxylation is 2. The van der Waals surface area contributed by atoms with Crippen LogP contribution in [0, 0.1) is 6.92 Å². The molecule has 1 atom stereocenters. The highest BCUT2D eigenvalue weighted by Gasteiger charge is 2.22. The number of likely N-dealkylation sites (N-methyl/N-ethyl adjacent to an activating group) is 1. The molecule has 1 N–H and O–H groups in total. The molecule has 1 aromatic heterocycles. The highest BCUT2D eigenvalue weighted by Crippen LogP contribution is 2.22. The number of nitrogens with one attached hydrogen (secondary N) is 1. The first kappa shape index (κ1) is 13.8. The molecule has 1 aliphatic heterocycles.